The Kier molecular flexibility index (Phi) is 4.30. The molecule has 1 aromatic heterocycles. The van der Waals surface area contributed by atoms with E-state index in [0.717, 1.165) is 11.2 Å². The molecule has 0 fully saturated rings. The maximum Gasteiger partial charge on any atom is 0.0942 e. The highest BCUT2D eigenvalue weighted by Crippen LogP contribution is 2.61. The number of aromatic nitrogens is 1. The van der Waals surface area contributed by atoms with Gasteiger partial charge in [0.05, 0.1) is 11.2 Å². The first-order valence-corrected chi connectivity index (χ1v) is 9.91. The van der Waals surface area contributed by atoms with Crippen LogP contribution in [0.25, 0.3) is 17.0 Å². The molecule has 0 unspecified atom stereocenters. The van der Waals surface area contributed by atoms with Crippen LogP contribution in [0.3, 0.4) is 0 Å². The van der Waals surface area contributed by atoms with E-state index >= 15 is 0 Å². The molecule has 2 heterocycles. The summed E-state index contributed by atoms with van der Waals surface area (Å²) in [4.78, 5) is 4.59. The number of allylic oxidation sites excluding steroid dienone is 1. The van der Waals surface area contributed by atoms with Crippen LogP contribution in [-0.2, 0) is 0 Å². The van der Waals surface area contributed by atoms with E-state index in [0.29, 0.717) is 0 Å². The van der Waals surface area contributed by atoms with Gasteiger partial charge in [0.1, 0.15) is 0 Å². The summed E-state index contributed by atoms with van der Waals surface area (Å²) in [5, 5.41) is 5.36. The Morgan fingerprint density at radius 3 is 2.33 bits per heavy atom. The van der Waals surface area contributed by atoms with Gasteiger partial charge in [-0.25, -0.2) is 0 Å². The lowest BCUT2D eigenvalue weighted by molar-refractivity contribution is 0.714. The van der Waals surface area contributed by atoms with Crippen molar-refractivity contribution in [3.63, 3.8) is 0 Å². The zero-order valence-electron chi connectivity index (χ0n) is 15.5. The van der Waals surface area contributed by atoms with Gasteiger partial charge in [-0.1, -0.05) is 73.7 Å². The Hall–Kier alpha value is -1.66. The van der Waals surface area contributed by atoms with Crippen LogP contribution >= 0.6 is 7.92 Å². The fourth-order valence-electron chi connectivity index (χ4n) is 3.40. The number of rotatable bonds is 1. The van der Waals surface area contributed by atoms with Crippen LogP contribution in [0.1, 0.15) is 47.1 Å². The quantitative estimate of drug-likeness (QED) is 0.593. The molecule has 2 aromatic rings. The number of nitrogens with zero attached hydrogens (tertiary/aromatic N) is 1. The van der Waals surface area contributed by atoms with Crippen molar-refractivity contribution in [3.8, 4) is 0 Å². The largest absolute Gasteiger partial charge is 0.353 e. The lowest BCUT2D eigenvalue weighted by Gasteiger charge is -2.40. The lowest BCUT2D eigenvalue weighted by Crippen LogP contribution is -2.24. The highest BCUT2D eigenvalue weighted by molar-refractivity contribution is 7.64. The molecule has 1 N–H and O–H groups in total. The maximum absolute atomic E-state index is 4.59. The van der Waals surface area contributed by atoms with Gasteiger partial charge < -0.3 is 5.32 Å². The Morgan fingerprint density at radius 2 is 1.67 bits per heavy atom. The zero-order valence-corrected chi connectivity index (χ0v) is 16.4. The molecule has 3 heteroatoms. The maximum atomic E-state index is 4.59. The standard InChI is InChI=1S/C21H27N2P/c1-20(2,3)24(21(4,5)6)14-17-12-11-16-10-9-15-8-7-13-22-18(15)19(16)23-17/h7-14,23H,1-6H3/b17-14-. The number of nitrogens with one attached hydrogen (secondary N) is 1. The summed E-state index contributed by atoms with van der Waals surface area (Å²) >= 11 is 0. The molecule has 1 aliphatic rings. The SMILES string of the molecule is CC(C)(C)P(/C=C1/C=Cc2ccc3cccnc3c2N1)C(C)(C)C. The Bertz CT molecular complexity index is 806. The summed E-state index contributed by atoms with van der Waals surface area (Å²) in [7, 11) is -0.294. The van der Waals surface area contributed by atoms with Gasteiger partial charge in [-0.15, -0.1) is 0 Å². The van der Waals surface area contributed by atoms with Crippen LogP contribution in [0.2, 0.25) is 0 Å². The fraction of sp³-hybridized carbons (Fsp3) is 0.381. The van der Waals surface area contributed by atoms with E-state index in [9.17, 15) is 0 Å². The number of fused-ring (bicyclic) bond motifs is 3. The first-order valence-electron chi connectivity index (χ1n) is 8.50. The lowest BCUT2D eigenvalue weighted by atomic mass is 10.0. The van der Waals surface area contributed by atoms with E-state index < -0.39 is 0 Å². The van der Waals surface area contributed by atoms with E-state index in [4.69, 9.17) is 0 Å². The second-order valence-electron chi connectivity index (χ2n) is 8.36. The number of pyridine rings is 1. The first kappa shape index (κ1) is 17.2. The van der Waals surface area contributed by atoms with Crippen molar-refractivity contribution in [1.29, 1.82) is 0 Å². The molecule has 0 spiro atoms. The van der Waals surface area contributed by atoms with Gasteiger partial charge in [-0.2, -0.15) is 0 Å². The third-order valence-corrected chi connectivity index (χ3v) is 7.66. The van der Waals surface area contributed by atoms with Crippen molar-refractivity contribution in [1.82, 2.24) is 4.98 Å². The topological polar surface area (TPSA) is 24.9 Å². The van der Waals surface area contributed by atoms with E-state index in [1.54, 1.807) is 0 Å². The van der Waals surface area contributed by atoms with Gasteiger partial charge in [-0.05, 0) is 28.3 Å². The third kappa shape index (κ3) is 3.39. The first-order chi connectivity index (χ1) is 11.2. The molecule has 0 bridgehead atoms. The second-order valence-corrected chi connectivity index (χ2v) is 12.0. The monoisotopic (exact) mass is 338 g/mol. The predicted molar refractivity (Wildman–Crippen MR) is 109 cm³/mol. The van der Waals surface area contributed by atoms with Crippen molar-refractivity contribution in [3.05, 3.63) is 53.6 Å². The number of hydrogen-bond donors (Lipinski definition) is 1. The average molecular weight is 338 g/mol. The van der Waals surface area contributed by atoms with Crippen LogP contribution in [0.15, 0.2) is 48.1 Å². The smallest absolute Gasteiger partial charge is 0.0942 e. The summed E-state index contributed by atoms with van der Waals surface area (Å²) in [5.41, 5.74) is 4.56. The molecular weight excluding hydrogens is 311 g/mol. The summed E-state index contributed by atoms with van der Waals surface area (Å²) in [6.45, 7) is 14.1. The molecular formula is C21H27N2P. The molecule has 2 nitrogen and oxygen atoms in total. The predicted octanol–water partition coefficient (Wildman–Crippen LogP) is 6.59. The second kappa shape index (κ2) is 6.01. The minimum Gasteiger partial charge on any atom is -0.353 e. The van der Waals surface area contributed by atoms with E-state index in [2.05, 4.69) is 88.0 Å². The van der Waals surface area contributed by atoms with Gasteiger partial charge in [0, 0.05) is 22.8 Å². The molecule has 0 amide bonds. The Labute approximate surface area is 146 Å². The van der Waals surface area contributed by atoms with Gasteiger partial charge in [-0.3, -0.25) is 4.98 Å². The van der Waals surface area contributed by atoms with Crippen LogP contribution in [-0.4, -0.2) is 15.3 Å². The molecule has 0 saturated heterocycles. The molecule has 0 aliphatic carbocycles. The van der Waals surface area contributed by atoms with E-state index in [1.165, 1.54) is 16.6 Å². The molecule has 1 aliphatic heterocycles. The van der Waals surface area contributed by atoms with Crippen molar-refractivity contribution in [2.24, 2.45) is 0 Å². The molecule has 1 aromatic carbocycles. The summed E-state index contributed by atoms with van der Waals surface area (Å²) < 4.78 is 0. The highest BCUT2D eigenvalue weighted by Gasteiger charge is 2.33. The minimum absolute atomic E-state index is 0.271. The van der Waals surface area contributed by atoms with E-state index in [-0.39, 0.29) is 18.2 Å². The van der Waals surface area contributed by atoms with Crippen molar-refractivity contribution < 1.29 is 0 Å². The number of benzene rings is 1. The molecule has 3 rings (SSSR count). The highest BCUT2D eigenvalue weighted by atomic mass is 31.1. The number of anilines is 1. The third-order valence-electron chi connectivity index (χ3n) is 4.23. The Morgan fingerprint density at radius 1 is 0.958 bits per heavy atom. The van der Waals surface area contributed by atoms with Crippen LogP contribution in [0.5, 0.6) is 0 Å². The van der Waals surface area contributed by atoms with Crippen LogP contribution < -0.4 is 5.32 Å². The van der Waals surface area contributed by atoms with Gasteiger partial charge in [0.2, 0.25) is 0 Å². The number of hydrogen-bond acceptors (Lipinski definition) is 2. The normalized spacial score (nSPS) is 16.5. The zero-order chi connectivity index (χ0) is 17.5. The van der Waals surface area contributed by atoms with Crippen molar-refractivity contribution in [2.45, 2.75) is 51.9 Å². The fourth-order valence-corrected chi connectivity index (χ4v) is 6.62. The molecule has 24 heavy (non-hydrogen) atoms. The van der Waals surface area contributed by atoms with Gasteiger partial charge in [0.25, 0.3) is 0 Å². The van der Waals surface area contributed by atoms with Gasteiger partial charge in [0.15, 0.2) is 0 Å². The average Bonchev–Trinajstić information content (AvgIpc) is 2.50. The van der Waals surface area contributed by atoms with Crippen LogP contribution in [0.4, 0.5) is 5.69 Å². The van der Waals surface area contributed by atoms with Gasteiger partial charge >= 0.3 is 0 Å². The minimum atomic E-state index is -0.294. The molecule has 0 atom stereocenters. The summed E-state index contributed by atoms with van der Waals surface area (Å²) in [6.07, 6.45) is 6.26. The summed E-state index contributed by atoms with van der Waals surface area (Å²) in [5.74, 6) is 2.45. The van der Waals surface area contributed by atoms with E-state index in [1.807, 2.05) is 12.3 Å². The van der Waals surface area contributed by atoms with Crippen molar-refractivity contribution >= 4 is 30.6 Å². The van der Waals surface area contributed by atoms with Crippen LogP contribution in [0, 0.1) is 0 Å². The molecule has 126 valence electrons. The molecule has 0 saturated carbocycles. The summed E-state index contributed by atoms with van der Waals surface area (Å²) in [6, 6.07) is 8.40. The Balaban J connectivity index is 2.04. The molecule has 0 radical (unpaired) electrons. The van der Waals surface area contributed by atoms with Crippen molar-refractivity contribution in [2.75, 3.05) is 5.32 Å².